The van der Waals surface area contributed by atoms with Crippen LogP contribution in [0.25, 0.3) is 0 Å². The maximum atomic E-state index is 12.3. The molecule has 4 nitrogen and oxygen atoms in total. The third-order valence-corrected chi connectivity index (χ3v) is 2.28. The molecule has 0 radical (unpaired) electrons. The van der Waals surface area contributed by atoms with Crippen molar-refractivity contribution < 1.29 is 18.0 Å². The van der Waals surface area contributed by atoms with Gasteiger partial charge in [0.05, 0.1) is 12.6 Å². The van der Waals surface area contributed by atoms with E-state index in [-0.39, 0.29) is 13.1 Å². The zero-order chi connectivity index (χ0) is 13.5. The molecular weight excluding hydrogens is 235 g/mol. The van der Waals surface area contributed by atoms with Crippen molar-refractivity contribution >= 4 is 5.91 Å². The predicted molar refractivity (Wildman–Crippen MR) is 59.4 cm³/mol. The lowest BCUT2D eigenvalue weighted by Crippen LogP contribution is -2.50. The Hall–Kier alpha value is -0.820. The van der Waals surface area contributed by atoms with Crippen molar-refractivity contribution in [2.45, 2.75) is 32.5 Å². The first-order valence-corrected chi connectivity index (χ1v) is 5.60. The Kier molecular flexibility index (Phi) is 7.13. The molecule has 0 aliphatic carbocycles. The summed E-state index contributed by atoms with van der Waals surface area (Å²) in [5, 5.41) is 2.57. The maximum absolute atomic E-state index is 12.3. The SMILES string of the molecule is CCCNC(=O)C(C)N(CCN)CC(F)(F)F. The second-order valence-electron chi connectivity index (χ2n) is 3.84. The normalized spacial score (nSPS) is 13.8. The van der Waals surface area contributed by atoms with E-state index in [1.54, 1.807) is 0 Å². The van der Waals surface area contributed by atoms with Crippen LogP contribution < -0.4 is 11.1 Å². The summed E-state index contributed by atoms with van der Waals surface area (Å²) in [6.45, 7) is 2.79. The van der Waals surface area contributed by atoms with Crippen LogP contribution >= 0.6 is 0 Å². The minimum Gasteiger partial charge on any atom is -0.355 e. The molecule has 3 N–H and O–H groups in total. The van der Waals surface area contributed by atoms with Crippen LogP contribution in [0, 0.1) is 0 Å². The fourth-order valence-corrected chi connectivity index (χ4v) is 1.37. The third-order valence-electron chi connectivity index (χ3n) is 2.28. The first kappa shape index (κ1) is 16.2. The van der Waals surface area contributed by atoms with Gasteiger partial charge in [0, 0.05) is 19.6 Å². The van der Waals surface area contributed by atoms with Gasteiger partial charge in [0.15, 0.2) is 0 Å². The molecule has 0 heterocycles. The summed E-state index contributed by atoms with van der Waals surface area (Å²) in [4.78, 5) is 12.6. The number of nitrogens with zero attached hydrogens (tertiary/aromatic N) is 1. The molecule has 1 atom stereocenters. The van der Waals surface area contributed by atoms with Crippen LogP contribution in [-0.2, 0) is 4.79 Å². The number of nitrogens with one attached hydrogen (secondary N) is 1. The van der Waals surface area contributed by atoms with E-state index in [0.717, 1.165) is 11.3 Å². The molecule has 0 saturated carbocycles. The Labute approximate surface area is 99.3 Å². The highest BCUT2D eigenvalue weighted by Crippen LogP contribution is 2.17. The molecule has 7 heteroatoms. The van der Waals surface area contributed by atoms with E-state index in [0.29, 0.717) is 6.54 Å². The summed E-state index contributed by atoms with van der Waals surface area (Å²) in [5.41, 5.74) is 5.25. The molecule has 17 heavy (non-hydrogen) atoms. The van der Waals surface area contributed by atoms with Gasteiger partial charge in [-0.2, -0.15) is 13.2 Å². The lowest BCUT2D eigenvalue weighted by atomic mass is 10.2. The molecule has 0 bridgehead atoms. The van der Waals surface area contributed by atoms with Gasteiger partial charge in [-0.3, -0.25) is 9.69 Å². The Morgan fingerprint density at radius 3 is 2.47 bits per heavy atom. The van der Waals surface area contributed by atoms with Crippen LogP contribution in [-0.4, -0.2) is 49.2 Å². The van der Waals surface area contributed by atoms with Crippen LogP contribution in [0.4, 0.5) is 13.2 Å². The summed E-state index contributed by atoms with van der Waals surface area (Å²) in [5.74, 6) is -0.399. The topological polar surface area (TPSA) is 58.4 Å². The highest BCUT2D eigenvalue weighted by molar-refractivity contribution is 5.81. The first-order valence-electron chi connectivity index (χ1n) is 5.60. The monoisotopic (exact) mass is 255 g/mol. The van der Waals surface area contributed by atoms with E-state index in [4.69, 9.17) is 5.73 Å². The van der Waals surface area contributed by atoms with Crippen molar-refractivity contribution in [1.29, 1.82) is 0 Å². The van der Waals surface area contributed by atoms with Gasteiger partial charge in [-0.05, 0) is 13.3 Å². The second-order valence-corrected chi connectivity index (χ2v) is 3.84. The van der Waals surface area contributed by atoms with Gasteiger partial charge in [-0.15, -0.1) is 0 Å². The van der Waals surface area contributed by atoms with Crippen LogP contribution in [0.15, 0.2) is 0 Å². The van der Waals surface area contributed by atoms with Crippen molar-refractivity contribution in [3.8, 4) is 0 Å². The lowest BCUT2D eigenvalue weighted by molar-refractivity contribution is -0.154. The number of alkyl halides is 3. The Morgan fingerprint density at radius 1 is 1.47 bits per heavy atom. The zero-order valence-electron chi connectivity index (χ0n) is 10.2. The minimum absolute atomic E-state index is 0.0419. The molecule has 1 amide bonds. The van der Waals surface area contributed by atoms with E-state index in [1.165, 1.54) is 6.92 Å². The molecule has 0 spiro atoms. The predicted octanol–water partition coefficient (Wildman–Crippen LogP) is 0.724. The van der Waals surface area contributed by atoms with Gasteiger partial charge >= 0.3 is 6.18 Å². The second kappa shape index (κ2) is 7.50. The number of halogens is 3. The number of nitrogens with two attached hydrogens (primary N) is 1. The van der Waals surface area contributed by atoms with Crippen LogP contribution in [0.1, 0.15) is 20.3 Å². The number of hydrogen-bond donors (Lipinski definition) is 2. The van der Waals surface area contributed by atoms with Crippen molar-refractivity contribution in [2.75, 3.05) is 26.2 Å². The van der Waals surface area contributed by atoms with Crippen LogP contribution in [0.2, 0.25) is 0 Å². The molecule has 0 aromatic rings. The quantitative estimate of drug-likeness (QED) is 0.705. The van der Waals surface area contributed by atoms with Crippen molar-refractivity contribution in [3.63, 3.8) is 0 Å². The highest BCUT2D eigenvalue weighted by atomic mass is 19.4. The first-order chi connectivity index (χ1) is 7.81. The van der Waals surface area contributed by atoms with E-state index < -0.39 is 24.7 Å². The number of rotatable bonds is 7. The fourth-order valence-electron chi connectivity index (χ4n) is 1.37. The Morgan fingerprint density at radius 2 is 2.06 bits per heavy atom. The standard InChI is InChI=1S/C10H20F3N3O/c1-3-5-15-9(17)8(2)16(6-4-14)7-10(11,12)13/h8H,3-7,14H2,1-2H3,(H,15,17). The third kappa shape index (κ3) is 7.17. The summed E-state index contributed by atoms with van der Waals surface area (Å²) < 4.78 is 36.9. The Bertz CT molecular complexity index is 233. The van der Waals surface area contributed by atoms with Gasteiger partial charge in [0.25, 0.3) is 0 Å². The zero-order valence-corrected chi connectivity index (χ0v) is 10.2. The van der Waals surface area contributed by atoms with E-state index in [9.17, 15) is 18.0 Å². The molecular formula is C10H20F3N3O. The van der Waals surface area contributed by atoms with E-state index >= 15 is 0 Å². The molecule has 1 unspecified atom stereocenters. The van der Waals surface area contributed by atoms with Gasteiger partial charge in [-0.1, -0.05) is 6.92 Å². The Balaban J connectivity index is 4.42. The van der Waals surface area contributed by atoms with Crippen LogP contribution in [0.3, 0.4) is 0 Å². The van der Waals surface area contributed by atoms with Crippen molar-refractivity contribution in [2.24, 2.45) is 5.73 Å². The summed E-state index contributed by atoms with van der Waals surface area (Å²) in [7, 11) is 0. The molecule has 0 fully saturated rings. The highest BCUT2D eigenvalue weighted by Gasteiger charge is 2.34. The number of carbonyl (C=O) groups is 1. The van der Waals surface area contributed by atoms with Crippen molar-refractivity contribution in [3.05, 3.63) is 0 Å². The smallest absolute Gasteiger partial charge is 0.355 e. The van der Waals surface area contributed by atoms with Crippen LogP contribution in [0.5, 0.6) is 0 Å². The molecule has 0 aliphatic rings. The maximum Gasteiger partial charge on any atom is 0.401 e. The molecule has 0 aromatic carbocycles. The lowest BCUT2D eigenvalue weighted by Gasteiger charge is -2.28. The number of hydrogen-bond acceptors (Lipinski definition) is 3. The van der Waals surface area contributed by atoms with Crippen molar-refractivity contribution in [1.82, 2.24) is 10.2 Å². The molecule has 0 aromatic heterocycles. The molecule has 0 aliphatic heterocycles. The summed E-state index contributed by atoms with van der Waals surface area (Å²) >= 11 is 0. The number of carbonyl (C=O) groups excluding carboxylic acids is 1. The average molecular weight is 255 g/mol. The largest absolute Gasteiger partial charge is 0.401 e. The molecule has 0 rings (SSSR count). The van der Waals surface area contributed by atoms with Gasteiger partial charge in [-0.25, -0.2) is 0 Å². The van der Waals surface area contributed by atoms with E-state index in [2.05, 4.69) is 5.32 Å². The minimum atomic E-state index is -4.32. The molecule has 102 valence electrons. The van der Waals surface area contributed by atoms with Gasteiger partial charge < -0.3 is 11.1 Å². The summed E-state index contributed by atoms with van der Waals surface area (Å²) in [6.07, 6.45) is -3.58. The summed E-state index contributed by atoms with van der Waals surface area (Å²) in [6, 6.07) is -0.827. The van der Waals surface area contributed by atoms with Gasteiger partial charge in [0.2, 0.25) is 5.91 Å². The fraction of sp³-hybridized carbons (Fsp3) is 0.900. The average Bonchev–Trinajstić information content (AvgIpc) is 2.22. The van der Waals surface area contributed by atoms with E-state index in [1.807, 2.05) is 6.92 Å². The molecule has 0 saturated heterocycles. The van der Waals surface area contributed by atoms with Gasteiger partial charge in [0.1, 0.15) is 0 Å². The number of amides is 1.